The second-order valence-corrected chi connectivity index (χ2v) is 4.27. The second-order valence-electron chi connectivity index (χ2n) is 4.27. The minimum atomic E-state index is -1.45. The summed E-state index contributed by atoms with van der Waals surface area (Å²) in [4.78, 5) is 10.7. The van der Waals surface area contributed by atoms with E-state index in [0.717, 1.165) is 11.1 Å². The molecule has 2 aliphatic rings. The Hall–Kier alpha value is -2.53. The molecule has 0 bridgehead atoms. The van der Waals surface area contributed by atoms with Crippen LogP contribution in [0.15, 0.2) is 54.1 Å². The average molecular weight is 272 g/mol. The van der Waals surface area contributed by atoms with Gasteiger partial charge < -0.3 is 14.6 Å². The molecule has 3 rings (SSSR count). The second kappa shape index (κ2) is 5.22. The largest absolute Gasteiger partial charge is 0.510 e. The van der Waals surface area contributed by atoms with Gasteiger partial charge in [0.1, 0.15) is 11.9 Å². The smallest absolute Gasteiger partial charge is 0.450 e. The molecule has 5 nitrogen and oxygen atoms in total. The van der Waals surface area contributed by atoms with Gasteiger partial charge in [-0.05, 0) is 17.7 Å². The van der Waals surface area contributed by atoms with Crippen molar-refractivity contribution < 1.29 is 24.1 Å². The molecule has 1 aliphatic heterocycles. The van der Waals surface area contributed by atoms with E-state index in [1.54, 1.807) is 18.2 Å². The number of rotatable bonds is 1. The molecule has 0 fully saturated rings. The molecule has 1 N–H and O–H groups in total. The van der Waals surface area contributed by atoms with E-state index in [9.17, 15) is 4.79 Å². The van der Waals surface area contributed by atoms with Crippen LogP contribution in [0.1, 0.15) is 5.56 Å². The third-order valence-electron chi connectivity index (χ3n) is 2.93. The van der Waals surface area contributed by atoms with Crippen LogP contribution in [-0.4, -0.2) is 23.8 Å². The lowest BCUT2D eigenvalue weighted by Gasteiger charge is -2.27. The minimum Gasteiger partial charge on any atom is -0.450 e. The number of ether oxygens (including phenoxy) is 3. The predicted molar refractivity (Wildman–Crippen MR) is 71.1 cm³/mol. The molecule has 1 aromatic rings. The van der Waals surface area contributed by atoms with Gasteiger partial charge >= 0.3 is 12.6 Å². The Morgan fingerprint density at radius 3 is 2.95 bits per heavy atom. The predicted octanol–water partition coefficient (Wildman–Crippen LogP) is 2.95. The van der Waals surface area contributed by atoms with Crippen molar-refractivity contribution in [1.29, 1.82) is 0 Å². The van der Waals surface area contributed by atoms with Crippen molar-refractivity contribution in [3.63, 3.8) is 0 Å². The Labute approximate surface area is 115 Å². The van der Waals surface area contributed by atoms with Crippen molar-refractivity contribution in [3.05, 3.63) is 59.7 Å². The summed E-state index contributed by atoms with van der Waals surface area (Å²) >= 11 is 0. The highest BCUT2D eigenvalue weighted by Gasteiger charge is 2.26. The Kier molecular flexibility index (Phi) is 3.26. The molecule has 5 heteroatoms. The fourth-order valence-corrected chi connectivity index (χ4v) is 2.06. The van der Waals surface area contributed by atoms with Crippen LogP contribution in [-0.2, 0) is 9.47 Å². The van der Waals surface area contributed by atoms with Crippen LogP contribution in [0.2, 0.25) is 0 Å². The number of benzene rings is 1. The summed E-state index contributed by atoms with van der Waals surface area (Å²) in [5.41, 5.74) is 1.75. The summed E-state index contributed by atoms with van der Waals surface area (Å²) in [6, 6.07) is 7.29. The molecular weight excluding hydrogens is 260 g/mol. The van der Waals surface area contributed by atoms with Gasteiger partial charge in [0.05, 0.1) is 0 Å². The summed E-state index contributed by atoms with van der Waals surface area (Å²) in [6.45, 7) is -1.31. The first-order valence-corrected chi connectivity index (χ1v) is 6.09. The summed E-state index contributed by atoms with van der Waals surface area (Å²) < 4.78 is 15.6. The molecule has 20 heavy (non-hydrogen) atoms. The molecule has 0 aromatic heterocycles. The van der Waals surface area contributed by atoms with Gasteiger partial charge in [-0.1, -0.05) is 42.5 Å². The van der Waals surface area contributed by atoms with Crippen molar-refractivity contribution in [3.8, 4) is 5.75 Å². The van der Waals surface area contributed by atoms with Crippen LogP contribution >= 0.6 is 0 Å². The zero-order valence-corrected chi connectivity index (χ0v) is 10.4. The molecule has 0 saturated heterocycles. The molecule has 0 radical (unpaired) electrons. The summed E-state index contributed by atoms with van der Waals surface area (Å²) in [7, 11) is 0. The lowest BCUT2D eigenvalue weighted by atomic mass is 10.0. The lowest BCUT2D eigenvalue weighted by molar-refractivity contribution is -0.230. The first kappa shape index (κ1) is 12.5. The molecule has 0 saturated carbocycles. The lowest BCUT2D eigenvalue weighted by Crippen LogP contribution is -2.33. The van der Waals surface area contributed by atoms with Gasteiger partial charge in [-0.3, -0.25) is 4.74 Å². The van der Waals surface area contributed by atoms with Crippen molar-refractivity contribution in [2.45, 2.75) is 12.6 Å². The van der Waals surface area contributed by atoms with E-state index < -0.39 is 18.7 Å². The fourth-order valence-electron chi connectivity index (χ4n) is 2.06. The highest BCUT2D eigenvalue weighted by atomic mass is 16.9. The maximum absolute atomic E-state index is 10.7. The van der Waals surface area contributed by atoms with Gasteiger partial charge in [0, 0.05) is 5.56 Å². The molecule has 2 unspecified atom stereocenters. The van der Waals surface area contributed by atoms with Gasteiger partial charge in [0.25, 0.3) is 0 Å². The summed E-state index contributed by atoms with van der Waals surface area (Å²) in [5.74, 6) is 0.507. The van der Waals surface area contributed by atoms with Crippen LogP contribution in [0.4, 0.5) is 4.79 Å². The van der Waals surface area contributed by atoms with E-state index >= 15 is 0 Å². The highest BCUT2D eigenvalue weighted by molar-refractivity contribution is 5.64. The highest BCUT2D eigenvalue weighted by Crippen LogP contribution is 2.29. The Balaban J connectivity index is 2.01. The van der Waals surface area contributed by atoms with Gasteiger partial charge in [0.2, 0.25) is 0 Å². The molecule has 0 amide bonds. The van der Waals surface area contributed by atoms with E-state index in [4.69, 9.17) is 14.6 Å². The van der Waals surface area contributed by atoms with Gasteiger partial charge in [-0.25, -0.2) is 4.79 Å². The van der Waals surface area contributed by atoms with Crippen molar-refractivity contribution in [1.82, 2.24) is 0 Å². The Bertz CT molecular complexity index is 614. The number of hydrogen-bond acceptors (Lipinski definition) is 4. The van der Waals surface area contributed by atoms with Crippen molar-refractivity contribution in [2.24, 2.45) is 0 Å². The van der Waals surface area contributed by atoms with Crippen LogP contribution in [0, 0.1) is 0 Å². The third-order valence-corrected chi connectivity index (χ3v) is 2.93. The van der Waals surface area contributed by atoms with E-state index in [2.05, 4.69) is 4.74 Å². The zero-order valence-electron chi connectivity index (χ0n) is 10.4. The molecule has 1 aromatic carbocycles. The maximum Gasteiger partial charge on any atom is 0.510 e. The van der Waals surface area contributed by atoms with Gasteiger partial charge in [0.15, 0.2) is 0 Å². The first-order chi connectivity index (χ1) is 9.72. The van der Waals surface area contributed by atoms with Crippen LogP contribution < -0.4 is 4.74 Å². The first-order valence-electron chi connectivity index (χ1n) is 6.09. The number of para-hydroxylation sites is 1. The van der Waals surface area contributed by atoms with Crippen LogP contribution in [0.25, 0.3) is 6.08 Å². The Morgan fingerprint density at radius 2 is 2.10 bits per heavy atom. The number of hydrogen-bond donors (Lipinski definition) is 1. The zero-order chi connectivity index (χ0) is 13.9. The average Bonchev–Trinajstić information content (AvgIpc) is 2.40. The van der Waals surface area contributed by atoms with Crippen molar-refractivity contribution >= 4 is 12.2 Å². The molecule has 1 aliphatic carbocycles. The third kappa shape index (κ3) is 2.57. The molecular formula is C15H12O5. The van der Waals surface area contributed by atoms with E-state index in [0.29, 0.717) is 5.75 Å². The van der Waals surface area contributed by atoms with E-state index in [-0.39, 0.29) is 0 Å². The minimum absolute atomic E-state index is 0.405. The standard InChI is InChI=1S/C15H12O5/c16-14(17)20-15-18-12-7-3-1-5-10(12)9-11-6-2-4-8-13(11)19-15/h1-9,12,15H,(H,16,17)/b10-9-. The summed E-state index contributed by atoms with van der Waals surface area (Å²) in [6.07, 6.45) is 7.52. The van der Waals surface area contributed by atoms with Crippen molar-refractivity contribution in [2.75, 3.05) is 0 Å². The quantitative estimate of drug-likeness (QED) is 0.796. The SMILES string of the molecule is O=C(O)OC1Oc2ccccc2/C=C2/C=CC=CC2O1. The van der Waals surface area contributed by atoms with Crippen LogP contribution in [0.3, 0.4) is 0 Å². The van der Waals surface area contributed by atoms with Gasteiger partial charge in [-0.15, -0.1) is 0 Å². The molecule has 2 atom stereocenters. The molecule has 1 heterocycles. The Morgan fingerprint density at radius 1 is 1.25 bits per heavy atom. The topological polar surface area (TPSA) is 65.0 Å². The molecule has 0 spiro atoms. The van der Waals surface area contributed by atoms with E-state index in [1.165, 1.54) is 0 Å². The number of carboxylic acid groups (broad SMARTS) is 1. The molecule has 102 valence electrons. The van der Waals surface area contributed by atoms with E-state index in [1.807, 2.05) is 36.4 Å². The monoisotopic (exact) mass is 272 g/mol. The number of allylic oxidation sites excluding steroid dienone is 2. The number of fused-ring (bicyclic) bond motifs is 2. The summed E-state index contributed by atoms with van der Waals surface area (Å²) in [5, 5.41) is 8.74. The maximum atomic E-state index is 10.7. The van der Waals surface area contributed by atoms with Gasteiger partial charge in [-0.2, -0.15) is 0 Å². The number of carbonyl (C=O) groups is 1. The normalized spacial score (nSPS) is 26.1. The fraction of sp³-hybridized carbons (Fsp3) is 0.133. The van der Waals surface area contributed by atoms with Crippen LogP contribution in [0.5, 0.6) is 5.75 Å².